The molecule has 7 nitrogen and oxygen atoms in total. The molecule has 2 aromatic rings. The van der Waals surface area contributed by atoms with Crippen molar-refractivity contribution in [1.82, 2.24) is 4.90 Å². The minimum Gasteiger partial charge on any atom is -0.444 e. The van der Waals surface area contributed by atoms with Crippen LogP contribution in [0.2, 0.25) is 0 Å². The van der Waals surface area contributed by atoms with Crippen LogP contribution in [-0.2, 0) is 26.0 Å². The van der Waals surface area contributed by atoms with Gasteiger partial charge in [-0.25, -0.2) is 13.2 Å². The SMILES string of the molecule is C[C@@H]1Cc2cc(C(=O)O[C@H](C(=O)N(C)C)c3ccccc3)ccc2N1S(C)(=O)=O. The molecule has 1 amide bonds. The summed E-state index contributed by atoms with van der Waals surface area (Å²) in [7, 11) is -0.207. The fourth-order valence-electron chi connectivity index (χ4n) is 3.53. The van der Waals surface area contributed by atoms with Crippen LogP contribution in [0.3, 0.4) is 0 Å². The number of anilines is 1. The lowest BCUT2D eigenvalue weighted by molar-refractivity contribution is -0.138. The second-order valence-corrected chi connectivity index (χ2v) is 9.24. The number of carbonyl (C=O) groups excluding carboxylic acids is 2. The number of nitrogens with zero attached hydrogens (tertiary/aromatic N) is 2. The Hall–Kier alpha value is -2.87. The monoisotopic (exact) mass is 416 g/mol. The van der Waals surface area contributed by atoms with E-state index in [1.807, 2.05) is 13.0 Å². The van der Waals surface area contributed by atoms with E-state index < -0.39 is 22.1 Å². The average molecular weight is 416 g/mol. The Morgan fingerprint density at radius 3 is 2.38 bits per heavy atom. The van der Waals surface area contributed by atoms with Crippen molar-refractivity contribution in [3.8, 4) is 0 Å². The van der Waals surface area contributed by atoms with Gasteiger partial charge in [0.25, 0.3) is 5.91 Å². The van der Waals surface area contributed by atoms with Crippen molar-refractivity contribution in [2.24, 2.45) is 0 Å². The molecule has 0 bridgehead atoms. The topological polar surface area (TPSA) is 84.0 Å². The van der Waals surface area contributed by atoms with Crippen LogP contribution in [0.15, 0.2) is 48.5 Å². The zero-order chi connectivity index (χ0) is 21.3. The quantitative estimate of drug-likeness (QED) is 0.699. The van der Waals surface area contributed by atoms with Gasteiger partial charge in [-0.1, -0.05) is 30.3 Å². The molecule has 29 heavy (non-hydrogen) atoms. The van der Waals surface area contributed by atoms with Gasteiger partial charge in [0, 0.05) is 25.7 Å². The van der Waals surface area contributed by atoms with Crippen LogP contribution >= 0.6 is 0 Å². The first-order valence-electron chi connectivity index (χ1n) is 9.19. The standard InChI is InChI=1S/C21H24N2O5S/c1-14-12-17-13-16(10-11-18(17)23(14)29(4,26)27)21(25)28-19(20(24)22(2)3)15-8-6-5-7-9-15/h5-11,13-14,19H,12H2,1-4H3/t14-,19+/m1/s1. The normalized spacial score (nSPS) is 16.8. The number of rotatable bonds is 5. The van der Waals surface area contributed by atoms with Crippen LogP contribution in [0, 0.1) is 0 Å². The van der Waals surface area contributed by atoms with Crippen LogP contribution in [0.5, 0.6) is 0 Å². The third kappa shape index (κ3) is 4.27. The van der Waals surface area contributed by atoms with Gasteiger partial charge in [-0.2, -0.15) is 0 Å². The molecule has 1 aliphatic rings. The molecule has 0 unspecified atom stereocenters. The molecule has 0 fully saturated rings. The molecule has 0 radical (unpaired) electrons. The molecule has 0 aromatic heterocycles. The van der Waals surface area contributed by atoms with E-state index in [9.17, 15) is 18.0 Å². The van der Waals surface area contributed by atoms with E-state index in [4.69, 9.17) is 4.74 Å². The lowest BCUT2D eigenvalue weighted by atomic mass is 10.1. The van der Waals surface area contributed by atoms with Crippen molar-refractivity contribution in [3.63, 3.8) is 0 Å². The van der Waals surface area contributed by atoms with Gasteiger partial charge in [0.15, 0.2) is 0 Å². The second kappa shape index (κ2) is 7.87. The number of hydrogen-bond acceptors (Lipinski definition) is 5. The number of esters is 1. The molecular weight excluding hydrogens is 392 g/mol. The Kier molecular flexibility index (Phi) is 5.66. The van der Waals surface area contributed by atoms with E-state index in [2.05, 4.69) is 0 Å². The van der Waals surface area contributed by atoms with Gasteiger partial charge < -0.3 is 9.64 Å². The summed E-state index contributed by atoms with van der Waals surface area (Å²) >= 11 is 0. The largest absolute Gasteiger partial charge is 0.444 e. The molecule has 2 atom stereocenters. The van der Waals surface area contributed by atoms with Crippen LogP contribution in [-0.4, -0.2) is 51.6 Å². The number of sulfonamides is 1. The number of benzene rings is 2. The molecule has 2 aromatic carbocycles. The van der Waals surface area contributed by atoms with E-state index in [1.54, 1.807) is 50.5 Å². The van der Waals surface area contributed by atoms with Gasteiger partial charge in [-0.15, -0.1) is 0 Å². The maximum atomic E-state index is 12.8. The van der Waals surface area contributed by atoms with Gasteiger partial charge in [-0.05, 0) is 37.1 Å². The van der Waals surface area contributed by atoms with Crippen LogP contribution in [0.4, 0.5) is 5.69 Å². The smallest absolute Gasteiger partial charge is 0.339 e. The van der Waals surface area contributed by atoms with Crippen molar-refractivity contribution in [2.75, 3.05) is 24.7 Å². The Morgan fingerprint density at radius 1 is 1.14 bits per heavy atom. The Balaban J connectivity index is 1.89. The van der Waals surface area contributed by atoms with Gasteiger partial charge in [0.2, 0.25) is 16.1 Å². The summed E-state index contributed by atoms with van der Waals surface area (Å²) in [6.07, 6.45) is 0.610. The van der Waals surface area contributed by atoms with Crippen molar-refractivity contribution in [1.29, 1.82) is 0 Å². The summed E-state index contributed by atoms with van der Waals surface area (Å²) in [5.74, 6) is -0.982. The molecule has 0 aliphatic carbocycles. The molecule has 154 valence electrons. The summed E-state index contributed by atoms with van der Waals surface area (Å²) in [6.45, 7) is 1.82. The third-order valence-electron chi connectivity index (χ3n) is 4.82. The highest BCUT2D eigenvalue weighted by Crippen LogP contribution is 2.35. The number of amides is 1. The summed E-state index contributed by atoms with van der Waals surface area (Å²) in [4.78, 5) is 26.7. The maximum Gasteiger partial charge on any atom is 0.339 e. The van der Waals surface area contributed by atoms with Crippen LogP contribution in [0.25, 0.3) is 0 Å². The first-order valence-corrected chi connectivity index (χ1v) is 11.0. The number of ether oxygens (including phenoxy) is 1. The minimum atomic E-state index is -3.41. The zero-order valence-electron chi connectivity index (χ0n) is 16.8. The van der Waals surface area contributed by atoms with Crippen molar-refractivity contribution in [3.05, 3.63) is 65.2 Å². The van der Waals surface area contributed by atoms with Crippen LogP contribution in [0.1, 0.15) is 34.5 Å². The first-order chi connectivity index (χ1) is 13.6. The van der Waals surface area contributed by atoms with Gasteiger partial charge >= 0.3 is 5.97 Å². The average Bonchev–Trinajstić information content (AvgIpc) is 3.01. The summed E-state index contributed by atoms with van der Waals surface area (Å²) in [5, 5.41) is 0. The van der Waals surface area contributed by atoms with Gasteiger partial charge in [0.1, 0.15) is 0 Å². The molecule has 0 N–H and O–H groups in total. The first kappa shape index (κ1) is 20.9. The lowest BCUT2D eigenvalue weighted by Crippen LogP contribution is -2.34. The molecule has 0 saturated heterocycles. The highest BCUT2D eigenvalue weighted by molar-refractivity contribution is 7.92. The predicted molar refractivity (Wildman–Crippen MR) is 110 cm³/mol. The molecule has 0 spiro atoms. The van der Waals surface area contributed by atoms with E-state index in [0.29, 0.717) is 17.7 Å². The Bertz CT molecular complexity index is 1030. The highest BCUT2D eigenvalue weighted by atomic mass is 32.2. The lowest BCUT2D eigenvalue weighted by Gasteiger charge is -2.22. The minimum absolute atomic E-state index is 0.223. The molecule has 1 aliphatic heterocycles. The summed E-state index contributed by atoms with van der Waals surface area (Å²) in [5.41, 5.74) is 2.18. The molecule has 1 heterocycles. The van der Waals surface area contributed by atoms with E-state index in [1.165, 1.54) is 15.3 Å². The van der Waals surface area contributed by atoms with Gasteiger partial charge in [0.05, 0.1) is 17.5 Å². The van der Waals surface area contributed by atoms with E-state index >= 15 is 0 Å². The van der Waals surface area contributed by atoms with Crippen LogP contribution < -0.4 is 4.31 Å². The molecular formula is C21H24N2O5S. The highest BCUT2D eigenvalue weighted by Gasteiger charge is 2.33. The fraction of sp³-hybridized carbons (Fsp3) is 0.333. The third-order valence-corrected chi connectivity index (χ3v) is 6.09. The number of carbonyl (C=O) groups is 2. The van der Waals surface area contributed by atoms with E-state index in [-0.39, 0.29) is 17.5 Å². The Labute approximate surface area is 170 Å². The van der Waals surface area contributed by atoms with E-state index in [0.717, 1.165) is 11.8 Å². The molecule has 3 rings (SSSR count). The zero-order valence-corrected chi connectivity index (χ0v) is 17.6. The summed E-state index contributed by atoms with van der Waals surface area (Å²) < 4.78 is 31.0. The number of fused-ring (bicyclic) bond motifs is 1. The second-order valence-electron chi connectivity index (χ2n) is 7.38. The maximum absolute atomic E-state index is 12.8. The number of hydrogen-bond donors (Lipinski definition) is 0. The van der Waals surface area contributed by atoms with Crippen molar-refractivity contribution >= 4 is 27.6 Å². The number of likely N-dealkylation sites (N-methyl/N-ethyl adjacent to an activating group) is 1. The van der Waals surface area contributed by atoms with Crippen molar-refractivity contribution in [2.45, 2.75) is 25.5 Å². The van der Waals surface area contributed by atoms with Gasteiger partial charge in [-0.3, -0.25) is 9.10 Å². The fourth-order valence-corrected chi connectivity index (χ4v) is 4.80. The summed E-state index contributed by atoms with van der Waals surface area (Å²) in [6, 6.07) is 13.4. The van der Waals surface area contributed by atoms with Crippen molar-refractivity contribution < 1.29 is 22.7 Å². The predicted octanol–water partition coefficient (Wildman–Crippen LogP) is 2.38. The molecule has 8 heteroatoms. The molecule has 0 saturated carbocycles. The Morgan fingerprint density at radius 2 is 1.79 bits per heavy atom.